The van der Waals surface area contributed by atoms with Crippen LogP contribution < -0.4 is 0 Å². The lowest BCUT2D eigenvalue weighted by molar-refractivity contribution is 0.766. The molecule has 2 aromatic rings. The number of aromatic nitrogens is 4. The minimum Gasteiger partial charge on any atom is -0.275 e. The van der Waals surface area contributed by atoms with Crippen LogP contribution in [-0.2, 0) is 7.05 Å². The van der Waals surface area contributed by atoms with Crippen molar-refractivity contribution in [3.8, 4) is 6.07 Å². The minimum absolute atomic E-state index is 0.372. The van der Waals surface area contributed by atoms with Gasteiger partial charge in [-0.3, -0.25) is 4.68 Å². The maximum Gasteiger partial charge on any atom is 0.193 e. The number of nitriles is 1. The third-order valence-corrected chi connectivity index (χ3v) is 2.46. The molecule has 15 heavy (non-hydrogen) atoms. The van der Waals surface area contributed by atoms with E-state index in [4.69, 9.17) is 5.26 Å². The Balaban J connectivity index is 2.21. The van der Waals surface area contributed by atoms with Crippen LogP contribution in [0.5, 0.6) is 0 Å². The lowest BCUT2D eigenvalue weighted by Gasteiger charge is -1.95. The fourth-order valence-electron chi connectivity index (χ4n) is 1.01. The van der Waals surface area contributed by atoms with Crippen molar-refractivity contribution in [1.29, 1.82) is 5.26 Å². The van der Waals surface area contributed by atoms with Gasteiger partial charge in [-0.1, -0.05) is 0 Å². The molecule has 0 aliphatic carbocycles. The Morgan fingerprint density at radius 1 is 1.53 bits per heavy atom. The lowest BCUT2D eigenvalue weighted by Crippen LogP contribution is -1.88. The van der Waals surface area contributed by atoms with Gasteiger partial charge in [-0.05, 0) is 17.8 Å². The molecule has 0 saturated heterocycles. The standard InChI is InChI=1S/C9H7N5S/c1-14-6-8(5-12-14)15-9-11-3-2-7(4-10)13-9/h2-3,5-6H,1H3. The van der Waals surface area contributed by atoms with Crippen molar-refractivity contribution in [3.05, 3.63) is 30.4 Å². The molecule has 74 valence electrons. The third-order valence-electron chi connectivity index (χ3n) is 1.64. The van der Waals surface area contributed by atoms with Gasteiger partial charge in [-0.2, -0.15) is 10.4 Å². The zero-order chi connectivity index (χ0) is 10.7. The van der Waals surface area contributed by atoms with E-state index < -0.39 is 0 Å². The van der Waals surface area contributed by atoms with Gasteiger partial charge < -0.3 is 0 Å². The fraction of sp³-hybridized carbons (Fsp3) is 0.111. The predicted molar refractivity (Wildman–Crippen MR) is 54.1 cm³/mol. The number of aryl methyl sites for hydroxylation is 1. The summed E-state index contributed by atoms with van der Waals surface area (Å²) in [5.41, 5.74) is 0.372. The van der Waals surface area contributed by atoms with Crippen molar-refractivity contribution in [1.82, 2.24) is 19.7 Å². The van der Waals surface area contributed by atoms with Crippen LogP contribution in [0.4, 0.5) is 0 Å². The quantitative estimate of drug-likeness (QED) is 0.708. The number of nitrogens with zero attached hydrogens (tertiary/aromatic N) is 5. The molecule has 0 saturated carbocycles. The highest BCUT2D eigenvalue weighted by Gasteiger charge is 2.03. The summed E-state index contributed by atoms with van der Waals surface area (Å²) in [7, 11) is 1.84. The Morgan fingerprint density at radius 3 is 3.07 bits per heavy atom. The van der Waals surface area contributed by atoms with Crippen LogP contribution >= 0.6 is 11.8 Å². The Hall–Kier alpha value is -1.87. The second-order valence-electron chi connectivity index (χ2n) is 2.79. The van der Waals surface area contributed by atoms with Crippen LogP contribution in [0.3, 0.4) is 0 Å². The van der Waals surface area contributed by atoms with Crippen molar-refractivity contribution < 1.29 is 0 Å². The van der Waals surface area contributed by atoms with E-state index in [1.165, 1.54) is 11.8 Å². The molecule has 0 unspecified atom stereocenters. The zero-order valence-corrected chi connectivity index (χ0v) is 8.77. The SMILES string of the molecule is Cn1cc(Sc2nccc(C#N)n2)cn1. The second-order valence-corrected chi connectivity index (χ2v) is 3.83. The van der Waals surface area contributed by atoms with Crippen molar-refractivity contribution in [2.24, 2.45) is 7.05 Å². The second kappa shape index (κ2) is 4.11. The number of rotatable bonds is 2. The zero-order valence-electron chi connectivity index (χ0n) is 7.95. The summed E-state index contributed by atoms with van der Waals surface area (Å²) in [5.74, 6) is 0. The molecule has 0 fully saturated rings. The summed E-state index contributed by atoms with van der Waals surface area (Å²) in [5, 5.41) is 13.3. The van der Waals surface area contributed by atoms with E-state index in [1.807, 2.05) is 19.3 Å². The maximum atomic E-state index is 8.67. The monoisotopic (exact) mass is 217 g/mol. The molecule has 0 N–H and O–H groups in total. The average Bonchev–Trinajstić information content (AvgIpc) is 2.64. The highest BCUT2D eigenvalue weighted by Crippen LogP contribution is 2.23. The van der Waals surface area contributed by atoms with E-state index in [2.05, 4.69) is 15.1 Å². The van der Waals surface area contributed by atoms with Gasteiger partial charge in [0.25, 0.3) is 0 Å². The summed E-state index contributed by atoms with van der Waals surface area (Å²) in [4.78, 5) is 9.06. The number of hydrogen-bond acceptors (Lipinski definition) is 5. The summed E-state index contributed by atoms with van der Waals surface area (Å²) in [6, 6.07) is 3.55. The topological polar surface area (TPSA) is 67.4 Å². The van der Waals surface area contributed by atoms with Crippen LogP contribution in [0.15, 0.2) is 34.7 Å². The maximum absolute atomic E-state index is 8.67. The van der Waals surface area contributed by atoms with Gasteiger partial charge in [0, 0.05) is 19.4 Å². The molecule has 0 spiro atoms. The van der Waals surface area contributed by atoms with E-state index in [0.717, 1.165) is 4.90 Å². The molecular formula is C9H7N5S. The molecule has 5 nitrogen and oxygen atoms in total. The van der Waals surface area contributed by atoms with Crippen molar-refractivity contribution in [2.45, 2.75) is 10.1 Å². The largest absolute Gasteiger partial charge is 0.275 e. The van der Waals surface area contributed by atoms with Crippen LogP contribution in [-0.4, -0.2) is 19.7 Å². The molecule has 0 atom stereocenters. The van der Waals surface area contributed by atoms with Gasteiger partial charge in [-0.15, -0.1) is 0 Å². The number of hydrogen-bond donors (Lipinski definition) is 0. The van der Waals surface area contributed by atoms with Crippen molar-refractivity contribution >= 4 is 11.8 Å². The van der Waals surface area contributed by atoms with Crippen LogP contribution in [0, 0.1) is 11.3 Å². The molecule has 2 rings (SSSR count). The first-order valence-electron chi connectivity index (χ1n) is 4.17. The van der Waals surface area contributed by atoms with Crippen LogP contribution in [0.25, 0.3) is 0 Å². The third kappa shape index (κ3) is 2.33. The molecule has 0 radical (unpaired) electrons. The molecule has 0 amide bonds. The van der Waals surface area contributed by atoms with Gasteiger partial charge in [0.05, 0.1) is 11.1 Å². The molecular weight excluding hydrogens is 210 g/mol. The molecule has 0 aliphatic rings. The van der Waals surface area contributed by atoms with Crippen molar-refractivity contribution in [2.75, 3.05) is 0 Å². The Bertz CT molecular complexity index is 513. The normalized spacial score (nSPS) is 9.87. The lowest BCUT2D eigenvalue weighted by atomic mass is 10.5. The van der Waals surface area contributed by atoms with Gasteiger partial charge in [-0.25, -0.2) is 9.97 Å². The first-order valence-corrected chi connectivity index (χ1v) is 4.99. The summed E-state index contributed by atoms with van der Waals surface area (Å²) in [6.45, 7) is 0. The Kier molecular flexibility index (Phi) is 2.65. The first-order chi connectivity index (χ1) is 7.28. The summed E-state index contributed by atoms with van der Waals surface area (Å²) >= 11 is 1.38. The highest BCUT2D eigenvalue weighted by atomic mass is 32.2. The van der Waals surface area contributed by atoms with Gasteiger partial charge >= 0.3 is 0 Å². The van der Waals surface area contributed by atoms with E-state index >= 15 is 0 Å². The molecule has 2 aromatic heterocycles. The molecule has 0 bridgehead atoms. The van der Waals surface area contributed by atoms with Gasteiger partial charge in [0.1, 0.15) is 11.8 Å². The molecule has 0 aliphatic heterocycles. The van der Waals surface area contributed by atoms with E-state index in [0.29, 0.717) is 10.9 Å². The van der Waals surface area contributed by atoms with Crippen LogP contribution in [0.2, 0.25) is 0 Å². The first kappa shape index (κ1) is 9.68. The summed E-state index contributed by atoms with van der Waals surface area (Å²) < 4.78 is 1.70. The van der Waals surface area contributed by atoms with E-state index in [-0.39, 0.29) is 0 Å². The Labute approximate surface area is 90.8 Å². The molecule has 0 aromatic carbocycles. The van der Waals surface area contributed by atoms with Gasteiger partial charge in [0.15, 0.2) is 5.16 Å². The van der Waals surface area contributed by atoms with Crippen LogP contribution in [0.1, 0.15) is 5.69 Å². The molecule has 6 heteroatoms. The fourth-order valence-corrected chi connectivity index (χ4v) is 1.78. The smallest absolute Gasteiger partial charge is 0.193 e. The highest BCUT2D eigenvalue weighted by molar-refractivity contribution is 7.99. The average molecular weight is 217 g/mol. The van der Waals surface area contributed by atoms with E-state index in [9.17, 15) is 0 Å². The van der Waals surface area contributed by atoms with Crippen molar-refractivity contribution in [3.63, 3.8) is 0 Å². The summed E-state index contributed by atoms with van der Waals surface area (Å²) in [6.07, 6.45) is 5.17. The molecule has 2 heterocycles. The minimum atomic E-state index is 0.372. The predicted octanol–water partition coefficient (Wildman–Crippen LogP) is 1.23. The van der Waals surface area contributed by atoms with Gasteiger partial charge in [0.2, 0.25) is 0 Å². The van der Waals surface area contributed by atoms with E-state index in [1.54, 1.807) is 23.1 Å². The Morgan fingerprint density at radius 2 is 2.40 bits per heavy atom.